The highest BCUT2D eigenvalue weighted by Gasteiger charge is 1.98. The average Bonchev–Trinajstić information content (AvgIpc) is 1.77. The van der Waals surface area contributed by atoms with Crippen LogP contribution in [0.4, 0.5) is 0 Å². The van der Waals surface area contributed by atoms with Gasteiger partial charge in [0.15, 0.2) is 0 Å². The first-order valence-corrected chi connectivity index (χ1v) is 3.35. The first-order chi connectivity index (χ1) is 3.79. The third kappa shape index (κ3) is 1.48. The summed E-state index contributed by atoms with van der Waals surface area (Å²) in [6.45, 7) is 0. The molecule has 0 aromatic carbocycles. The number of rotatable bonds is 0. The average molecular weight is 223 g/mol. The van der Waals surface area contributed by atoms with E-state index in [9.17, 15) is 0 Å². The van der Waals surface area contributed by atoms with Crippen LogP contribution in [0.25, 0.3) is 0 Å². The number of nitrogens with one attached hydrogen (secondary N) is 1. The molecule has 1 unspecified atom stereocenters. The topological polar surface area (TPSA) is 32.3 Å². The molecule has 1 aliphatic heterocycles. The maximum absolute atomic E-state index is 8.78. The fourth-order valence-corrected chi connectivity index (χ4v) is 0.839. The van der Waals surface area contributed by atoms with Crippen molar-refractivity contribution in [2.75, 3.05) is 0 Å². The minimum Gasteiger partial charge on any atom is -0.370 e. The van der Waals surface area contributed by atoms with Crippen LogP contribution in [0.1, 0.15) is 0 Å². The molecule has 0 aromatic rings. The lowest BCUT2D eigenvalue weighted by Gasteiger charge is -2.08. The van der Waals surface area contributed by atoms with Gasteiger partial charge in [0.1, 0.15) is 6.23 Å². The largest absolute Gasteiger partial charge is 0.370 e. The lowest BCUT2D eigenvalue weighted by molar-refractivity contribution is 0.201. The van der Waals surface area contributed by atoms with Crippen LogP contribution in [-0.4, -0.2) is 11.3 Å². The molecule has 0 fully saturated rings. The first-order valence-electron chi connectivity index (χ1n) is 2.27. The van der Waals surface area contributed by atoms with E-state index < -0.39 is 6.23 Å². The number of dihydropyridines is 1. The van der Waals surface area contributed by atoms with E-state index >= 15 is 0 Å². The van der Waals surface area contributed by atoms with Gasteiger partial charge >= 0.3 is 0 Å². The van der Waals surface area contributed by atoms with Gasteiger partial charge in [0.05, 0.1) is 0 Å². The van der Waals surface area contributed by atoms with Crippen LogP contribution in [0.5, 0.6) is 0 Å². The first kappa shape index (κ1) is 6.10. The summed E-state index contributed by atoms with van der Waals surface area (Å²) in [5.41, 5.74) is 0. The Morgan fingerprint density at radius 1 is 1.75 bits per heavy atom. The van der Waals surface area contributed by atoms with Crippen LogP contribution in [0.3, 0.4) is 0 Å². The molecular weight excluding hydrogens is 217 g/mol. The zero-order valence-electron chi connectivity index (χ0n) is 4.13. The van der Waals surface area contributed by atoms with E-state index in [2.05, 4.69) is 27.9 Å². The molecule has 0 saturated carbocycles. The Kier molecular flexibility index (Phi) is 1.90. The van der Waals surface area contributed by atoms with Crippen molar-refractivity contribution in [2.45, 2.75) is 6.23 Å². The van der Waals surface area contributed by atoms with Gasteiger partial charge in [-0.15, -0.1) is 0 Å². The van der Waals surface area contributed by atoms with E-state index in [1.165, 1.54) is 0 Å². The molecule has 0 aromatic heterocycles. The van der Waals surface area contributed by atoms with E-state index in [1.807, 2.05) is 6.08 Å². The molecule has 8 heavy (non-hydrogen) atoms. The standard InChI is InChI=1S/C5H6INO/c6-4-1-2-5(8)7-3-4/h1-3,5,7-8H. The lowest BCUT2D eigenvalue weighted by atomic mass is 10.4. The van der Waals surface area contributed by atoms with Crippen LogP contribution in [0, 0.1) is 0 Å². The molecule has 1 rings (SSSR count). The van der Waals surface area contributed by atoms with E-state index in [0.29, 0.717) is 0 Å². The second-order valence-corrected chi connectivity index (χ2v) is 2.75. The second kappa shape index (κ2) is 2.50. The summed E-state index contributed by atoms with van der Waals surface area (Å²) < 4.78 is 1.10. The fraction of sp³-hybridized carbons (Fsp3) is 0.200. The molecule has 0 bridgehead atoms. The Labute approximate surface area is 61.4 Å². The highest BCUT2D eigenvalue weighted by atomic mass is 127. The zero-order chi connectivity index (χ0) is 5.98. The normalized spacial score (nSPS) is 26.8. The molecule has 2 N–H and O–H groups in total. The number of hydrogen-bond donors (Lipinski definition) is 2. The minimum absolute atomic E-state index is 0.492. The Morgan fingerprint density at radius 3 is 2.88 bits per heavy atom. The molecule has 0 saturated heterocycles. The molecule has 0 amide bonds. The van der Waals surface area contributed by atoms with E-state index in [4.69, 9.17) is 5.11 Å². The van der Waals surface area contributed by atoms with Gasteiger partial charge < -0.3 is 10.4 Å². The van der Waals surface area contributed by atoms with Crippen LogP contribution >= 0.6 is 22.6 Å². The summed E-state index contributed by atoms with van der Waals surface area (Å²) in [5, 5.41) is 11.5. The van der Waals surface area contributed by atoms with Gasteiger partial charge in [-0.3, -0.25) is 0 Å². The maximum Gasteiger partial charge on any atom is 0.143 e. The van der Waals surface area contributed by atoms with Crippen LogP contribution in [-0.2, 0) is 0 Å². The molecule has 3 heteroatoms. The van der Waals surface area contributed by atoms with Crippen LogP contribution in [0.15, 0.2) is 21.9 Å². The van der Waals surface area contributed by atoms with E-state index in [1.54, 1.807) is 12.3 Å². The van der Waals surface area contributed by atoms with Gasteiger partial charge in [-0.05, 0) is 34.7 Å². The highest BCUT2D eigenvalue weighted by molar-refractivity contribution is 14.1. The number of halogens is 1. The van der Waals surface area contributed by atoms with Gasteiger partial charge in [0.2, 0.25) is 0 Å². The smallest absolute Gasteiger partial charge is 0.143 e. The van der Waals surface area contributed by atoms with Crippen molar-refractivity contribution in [3.05, 3.63) is 21.9 Å². The van der Waals surface area contributed by atoms with E-state index in [-0.39, 0.29) is 0 Å². The molecule has 44 valence electrons. The number of aliphatic hydroxyl groups excluding tert-OH is 1. The maximum atomic E-state index is 8.78. The predicted octanol–water partition coefficient (Wildman–Crippen LogP) is 0.741. The molecule has 1 aliphatic rings. The summed E-state index contributed by atoms with van der Waals surface area (Å²) in [7, 11) is 0. The summed E-state index contributed by atoms with van der Waals surface area (Å²) in [4.78, 5) is 0. The van der Waals surface area contributed by atoms with Crippen LogP contribution in [0.2, 0.25) is 0 Å². The van der Waals surface area contributed by atoms with Crippen molar-refractivity contribution in [3.8, 4) is 0 Å². The molecule has 1 heterocycles. The van der Waals surface area contributed by atoms with Crippen molar-refractivity contribution in [2.24, 2.45) is 0 Å². The van der Waals surface area contributed by atoms with Gasteiger partial charge in [-0.2, -0.15) is 0 Å². The molecule has 0 aliphatic carbocycles. The van der Waals surface area contributed by atoms with Gasteiger partial charge in [0.25, 0.3) is 0 Å². The Bertz CT molecular complexity index is 141. The number of allylic oxidation sites excluding steroid dienone is 2. The quantitative estimate of drug-likeness (QED) is 0.593. The molecule has 0 spiro atoms. The second-order valence-electron chi connectivity index (χ2n) is 1.50. The predicted molar refractivity (Wildman–Crippen MR) is 40.4 cm³/mol. The minimum atomic E-state index is -0.492. The zero-order valence-corrected chi connectivity index (χ0v) is 6.29. The molecule has 1 atom stereocenters. The van der Waals surface area contributed by atoms with Crippen molar-refractivity contribution < 1.29 is 5.11 Å². The SMILES string of the molecule is OC1C=CC(I)=CN1. The summed E-state index contributed by atoms with van der Waals surface area (Å²) in [6.07, 6.45) is 4.84. The monoisotopic (exact) mass is 223 g/mol. The van der Waals surface area contributed by atoms with Crippen molar-refractivity contribution in [1.82, 2.24) is 5.32 Å². The third-order valence-corrected chi connectivity index (χ3v) is 1.50. The Morgan fingerprint density at radius 2 is 2.50 bits per heavy atom. The van der Waals surface area contributed by atoms with Gasteiger partial charge in [-0.25, -0.2) is 0 Å². The molecular formula is C5H6INO. The number of hydrogen-bond acceptors (Lipinski definition) is 2. The Balaban J connectivity index is 2.58. The summed E-state index contributed by atoms with van der Waals surface area (Å²) in [6, 6.07) is 0. The van der Waals surface area contributed by atoms with Crippen LogP contribution < -0.4 is 5.32 Å². The summed E-state index contributed by atoms with van der Waals surface area (Å²) >= 11 is 2.17. The fourth-order valence-electron chi connectivity index (χ4n) is 0.452. The van der Waals surface area contributed by atoms with E-state index in [0.717, 1.165) is 3.58 Å². The molecule has 0 radical (unpaired) electrons. The third-order valence-electron chi connectivity index (χ3n) is 0.830. The van der Waals surface area contributed by atoms with Crippen molar-refractivity contribution >= 4 is 22.6 Å². The summed E-state index contributed by atoms with van der Waals surface area (Å²) in [5.74, 6) is 0. The van der Waals surface area contributed by atoms with Gasteiger partial charge in [0, 0.05) is 9.78 Å². The highest BCUT2D eigenvalue weighted by Crippen LogP contribution is 2.09. The number of aliphatic hydroxyl groups is 1. The molecule has 2 nitrogen and oxygen atoms in total. The van der Waals surface area contributed by atoms with Crippen molar-refractivity contribution in [1.29, 1.82) is 0 Å². The van der Waals surface area contributed by atoms with Crippen molar-refractivity contribution in [3.63, 3.8) is 0 Å². The van der Waals surface area contributed by atoms with Gasteiger partial charge in [-0.1, -0.05) is 0 Å². The lowest BCUT2D eigenvalue weighted by Crippen LogP contribution is -2.22. The Hall–Kier alpha value is -0.0300.